The molecule has 0 bridgehead atoms. The molecule has 0 radical (unpaired) electrons. The van der Waals surface area contributed by atoms with Crippen LogP contribution in [0.15, 0.2) is 66.2 Å². The van der Waals surface area contributed by atoms with Gasteiger partial charge < -0.3 is 24.3 Å². The van der Waals surface area contributed by atoms with Crippen LogP contribution in [0.4, 0.5) is 5.95 Å². The number of amides is 1. The SMILES string of the molecule is CCCOc1ccc(/C(O)=C2\C(=O)C(=O)N(c3nc4ccc(OC)cc4[nH]3)C2c2ccc(OC)cc2)cc1C. The molecule has 1 aliphatic heterocycles. The Bertz CT molecular complexity index is 1590. The minimum absolute atomic E-state index is 0.0372. The number of aromatic nitrogens is 2. The lowest BCUT2D eigenvalue weighted by Crippen LogP contribution is -2.30. The van der Waals surface area contributed by atoms with Crippen LogP contribution in [-0.4, -0.2) is 47.6 Å². The fraction of sp³-hybridized carbons (Fsp3) is 0.233. The van der Waals surface area contributed by atoms with E-state index in [9.17, 15) is 14.7 Å². The molecular weight excluding hydrogens is 498 g/mol. The van der Waals surface area contributed by atoms with Crippen LogP contribution in [-0.2, 0) is 9.59 Å². The maximum Gasteiger partial charge on any atom is 0.302 e. The third kappa shape index (κ3) is 4.67. The summed E-state index contributed by atoms with van der Waals surface area (Å²) in [5.74, 6) is 0.217. The number of imidazole rings is 1. The molecule has 4 aromatic rings. The van der Waals surface area contributed by atoms with Gasteiger partial charge in [0, 0.05) is 11.6 Å². The number of nitrogens with one attached hydrogen (secondary N) is 1. The van der Waals surface area contributed by atoms with E-state index in [0.717, 1.165) is 12.0 Å². The molecule has 1 aromatic heterocycles. The first kappa shape index (κ1) is 25.8. The third-order valence-corrected chi connectivity index (χ3v) is 6.69. The average Bonchev–Trinajstić information content (AvgIpc) is 3.49. The van der Waals surface area contributed by atoms with Gasteiger partial charge in [0.2, 0.25) is 5.95 Å². The molecule has 0 aliphatic carbocycles. The predicted octanol–water partition coefficient (Wildman–Crippen LogP) is 5.30. The van der Waals surface area contributed by atoms with E-state index in [1.54, 1.807) is 74.9 Å². The van der Waals surface area contributed by atoms with E-state index in [2.05, 4.69) is 9.97 Å². The number of carbonyl (C=O) groups is 2. The highest BCUT2D eigenvalue weighted by atomic mass is 16.5. The Kier molecular flexibility index (Phi) is 6.98. The fourth-order valence-electron chi connectivity index (χ4n) is 4.70. The number of aromatic amines is 1. The first-order valence-electron chi connectivity index (χ1n) is 12.6. The molecule has 1 saturated heterocycles. The Balaban J connectivity index is 1.66. The molecule has 9 nitrogen and oxygen atoms in total. The number of fused-ring (bicyclic) bond motifs is 1. The largest absolute Gasteiger partial charge is 0.507 e. The zero-order valence-electron chi connectivity index (χ0n) is 22.1. The van der Waals surface area contributed by atoms with E-state index in [1.807, 2.05) is 13.8 Å². The van der Waals surface area contributed by atoms with Crippen molar-refractivity contribution in [3.8, 4) is 17.2 Å². The van der Waals surface area contributed by atoms with Gasteiger partial charge in [-0.15, -0.1) is 0 Å². The fourth-order valence-corrected chi connectivity index (χ4v) is 4.70. The van der Waals surface area contributed by atoms with Crippen LogP contribution in [0.2, 0.25) is 0 Å². The van der Waals surface area contributed by atoms with Crippen molar-refractivity contribution < 1.29 is 28.9 Å². The molecule has 3 aromatic carbocycles. The van der Waals surface area contributed by atoms with Crippen LogP contribution < -0.4 is 19.1 Å². The summed E-state index contributed by atoms with van der Waals surface area (Å²) < 4.78 is 16.3. The predicted molar refractivity (Wildman–Crippen MR) is 147 cm³/mol. The Morgan fingerprint density at radius 2 is 1.72 bits per heavy atom. The van der Waals surface area contributed by atoms with Crippen molar-refractivity contribution in [1.82, 2.24) is 9.97 Å². The van der Waals surface area contributed by atoms with Crippen molar-refractivity contribution in [1.29, 1.82) is 0 Å². The Morgan fingerprint density at radius 3 is 2.38 bits per heavy atom. The molecule has 1 unspecified atom stereocenters. The number of methoxy groups -OCH3 is 2. The number of anilines is 1. The van der Waals surface area contributed by atoms with Gasteiger partial charge in [-0.3, -0.25) is 14.5 Å². The van der Waals surface area contributed by atoms with E-state index in [4.69, 9.17) is 14.2 Å². The molecule has 5 rings (SSSR count). The molecule has 39 heavy (non-hydrogen) atoms. The Morgan fingerprint density at radius 1 is 1.00 bits per heavy atom. The highest BCUT2D eigenvalue weighted by Crippen LogP contribution is 2.42. The second kappa shape index (κ2) is 10.5. The topological polar surface area (TPSA) is 114 Å². The van der Waals surface area contributed by atoms with Gasteiger partial charge in [0.1, 0.15) is 23.0 Å². The number of carbonyl (C=O) groups excluding carboxylic acids is 2. The van der Waals surface area contributed by atoms with Crippen molar-refractivity contribution in [3.05, 3.63) is 82.9 Å². The monoisotopic (exact) mass is 527 g/mol. The number of aryl methyl sites for hydroxylation is 1. The molecule has 2 N–H and O–H groups in total. The van der Waals surface area contributed by atoms with E-state index >= 15 is 0 Å². The zero-order chi connectivity index (χ0) is 27.7. The number of hydrogen-bond acceptors (Lipinski definition) is 7. The van der Waals surface area contributed by atoms with Crippen molar-refractivity contribution >= 4 is 34.4 Å². The first-order chi connectivity index (χ1) is 18.9. The van der Waals surface area contributed by atoms with Crippen LogP contribution in [0.3, 0.4) is 0 Å². The lowest BCUT2D eigenvalue weighted by atomic mass is 9.95. The lowest BCUT2D eigenvalue weighted by Gasteiger charge is -2.23. The third-order valence-electron chi connectivity index (χ3n) is 6.69. The van der Waals surface area contributed by atoms with Gasteiger partial charge in [0.25, 0.3) is 5.78 Å². The summed E-state index contributed by atoms with van der Waals surface area (Å²) in [5.41, 5.74) is 3.01. The van der Waals surface area contributed by atoms with Crippen LogP contribution >= 0.6 is 0 Å². The maximum absolute atomic E-state index is 13.5. The number of hydrogen-bond donors (Lipinski definition) is 2. The number of benzene rings is 3. The summed E-state index contributed by atoms with van der Waals surface area (Å²) in [6, 6.07) is 16.5. The summed E-state index contributed by atoms with van der Waals surface area (Å²) in [4.78, 5) is 36.0. The molecule has 1 fully saturated rings. The highest BCUT2D eigenvalue weighted by molar-refractivity contribution is 6.51. The summed E-state index contributed by atoms with van der Waals surface area (Å²) >= 11 is 0. The van der Waals surface area contributed by atoms with E-state index in [-0.39, 0.29) is 17.3 Å². The number of Topliss-reactive ketones (excluding diaryl/α,β-unsaturated/α-hetero) is 1. The molecule has 1 atom stereocenters. The minimum atomic E-state index is -0.935. The number of ketones is 1. The summed E-state index contributed by atoms with van der Waals surface area (Å²) in [5, 5.41) is 11.5. The van der Waals surface area contributed by atoms with Crippen LogP contribution in [0.25, 0.3) is 16.8 Å². The summed E-state index contributed by atoms with van der Waals surface area (Å²) in [6.07, 6.45) is 0.862. The summed E-state index contributed by atoms with van der Waals surface area (Å²) in [7, 11) is 3.12. The lowest BCUT2D eigenvalue weighted by molar-refractivity contribution is -0.132. The Labute approximate surface area is 225 Å². The molecule has 2 heterocycles. The van der Waals surface area contributed by atoms with E-state index in [0.29, 0.717) is 46.0 Å². The Hall–Kier alpha value is -4.79. The van der Waals surface area contributed by atoms with Crippen LogP contribution in [0.1, 0.15) is 36.1 Å². The molecule has 200 valence electrons. The molecule has 0 saturated carbocycles. The van der Waals surface area contributed by atoms with Gasteiger partial charge in [-0.2, -0.15) is 0 Å². The number of aliphatic hydroxyl groups is 1. The number of rotatable bonds is 8. The number of nitrogens with zero attached hydrogens (tertiary/aromatic N) is 2. The van der Waals surface area contributed by atoms with Gasteiger partial charge in [-0.1, -0.05) is 19.1 Å². The standard InChI is InChI=1S/C30H29N3O6/c1-5-14-39-24-13-8-19(15-17(24)2)27(34)25-26(18-6-9-20(37-3)10-7-18)33(29(36)28(25)35)30-31-22-12-11-21(38-4)16-23(22)32-30/h6-13,15-16,26,34H,5,14H2,1-4H3,(H,31,32)/b27-25+. The molecule has 9 heteroatoms. The van der Waals surface area contributed by atoms with Gasteiger partial charge in [0.05, 0.1) is 43.5 Å². The van der Waals surface area contributed by atoms with Gasteiger partial charge >= 0.3 is 5.91 Å². The number of H-pyrrole nitrogens is 1. The smallest absolute Gasteiger partial charge is 0.302 e. The second-order valence-corrected chi connectivity index (χ2v) is 9.21. The van der Waals surface area contributed by atoms with E-state index in [1.165, 1.54) is 4.90 Å². The number of ether oxygens (including phenoxy) is 3. The zero-order valence-corrected chi connectivity index (χ0v) is 22.1. The van der Waals surface area contributed by atoms with Gasteiger partial charge in [-0.05, 0) is 66.9 Å². The van der Waals surface area contributed by atoms with Crippen molar-refractivity contribution in [3.63, 3.8) is 0 Å². The molecule has 0 spiro atoms. The minimum Gasteiger partial charge on any atom is -0.507 e. The van der Waals surface area contributed by atoms with Crippen molar-refractivity contribution in [2.45, 2.75) is 26.3 Å². The quantitative estimate of drug-likeness (QED) is 0.181. The van der Waals surface area contributed by atoms with Gasteiger partial charge in [0.15, 0.2) is 0 Å². The van der Waals surface area contributed by atoms with Crippen LogP contribution in [0.5, 0.6) is 17.2 Å². The normalized spacial score (nSPS) is 16.6. The van der Waals surface area contributed by atoms with Crippen molar-refractivity contribution in [2.75, 3.05) is 25.7 Å². The van der Waals surface area contributed by atoms with Gasteiger partial charge in [-0.25, -0.2) is 4.98 Å². The van der Waals surface area contributed by atoms with Crippen molar-refractivity contribution in [2.24, 2.45) is 0 Å². The summed E-state index contributed by atoms with van der Waals surface area (Å²) in [6.45, 7) is 4.45. The molecule has 1 amide bonds. The average molecular weight is 528 g/mol. The first-order valence-corrected chi connectivity index (χ1v) is 12.6. The second-order valence-electron chi connectivity index (χ2n) is 9.21. The highest BCUT2D eigenvalue weighted by Gasteiger charge is 2.48. The molecule has 1 aliphatic rings. The maximum atomic E-state index is 13.5. The van der Waals surface area contributed by atoms with E-state index < -0.39 is 17.7 Å². The van der Waals surface area contributed by atoms with Crippen LogP contribution in [0, 0.1) is 6.92 Å². The molecular formula is C30H29N3O6. The number of aliphatic hydroxyl groups excluding tert-OH is 1.